The molecule has 0 rings (SSSR count). The van der Waals surface area contributed by atoms with Gasteiger partial charge < -0.3 is 14.8 Å². The molecule has 0 aromatic heterocycles. The van der Waals surface area contributed by atoms with Gasteiger partial charge in [0.15, 0.2) is 6.29 Å². The highest BCUT2D eigenvalue weighted by Crippen LogP contribution is 2.14. The minimum atomic E-state index is -0.0857. The number of hydrogen-bond acceptors (Lipinski definition) is 3. The lowest BCUT2D eigenvalue weighted by molar-refractivity contribution is -0.147. The summed E-state index contributed by atoms with van der Waals surface area (Å²) in [6, 6.07) is 0. The summed E-state index contributed by atoms with van der Waals surface area (Å²) in [7, 11) is 1.95. The molecule has 1 N–H and O–H groups in total. The van der Waals surface area contributed by atoms with Gasteiger partial charge in [-0.1, -0.05) is 0 Å². The normalized spacial score (nSPS) is 12.5. The van der Waals surface area contributed by atoms with Gasteiger partial charge in [0.1, 0.15) is 0 Å². The van der Waals surface area contributed by atoms with E-state index in [2.05, 4.69) is 19.2 Å². The van der Waals surface area contributed by atoms with Crippen molar-refractivity contribution in [3.05, 3.63) is 0 Å². The number of nitrogens with one attached hydrogen (secondary N) is 1. The van der Waals surface area contributed by atoms with Crippen molar-refractivity contribution in [1.82, 2.24) is 5.32 Å². The van der Waals surface area contributed by atoms with E-state index in [-0.39, 0.29) is 11.8 Å². The van der Waals surface area contributed by atoms with Crippen LogP contribution in [0.3, 0.4) is 0 Å². The Morgan fingerprint density at radius 2 is 1.62 bits per heavy atom. The van der Waals surface area contributed by atoms with Crippen molar-refractivity contribution in [2.75, 3.05) is 20.3 Å². The summed E-state index contributed by atoms with van der Waals surface area (Å²) in [5.74, 6) is 0. The van der Waals surface area contributed by atoms with E-state index in [1.165, 1.54) is 0 Å². The first kappa shape index (κ1) is 12.9. The van der Waals surface area contributed by atoms with Crippen LogP contribution in [0.2, 0.25) is 0 Å². The fourth-order valence-electron chi connectivity index (χ4n) is 1.06. The van der Waals surface area contributed by atoms with Gasteiger partial charge in [-0.25, -0.2) is 0 Å². The highest BCUT2D eigenvalue weighted by Gasteiger charge is 2.21. The van der Waals surface area contributed by atoms with Crippen LogP contribution in [0.1, 0.15) is 34.1 Å². The van der Waals surface area contributed by atoms with Crippen molar-refractivity contribution in [1.29, 1.82) is 0 Å². The van der Waals surface area contributed by atoms with E-state index >= 15 is 0 Å². The molecule has 3 heteroatoms. The maximum Gasteiger partial charge on any atom is 0.159 e. The zero-order valence-electron chi connectivity index (χ0n) is 9.52. The molecule has 0 heterocycles. The topological polar surface area (TPSA) is 30.5 Å². The van der Waals surface area contributed by atoms with Crippen molar-refractivity contribution in [2.45, 2.75) is 45.9 Å². The van der Waals surface area contributed by atoms with Crippen molar-refractivity contribution in [2.24, 2.45) is 0 Å². The molecule has 3 nitrogen and oxygen atoms in total. The predicted octanol–water partition coefficient (Wildman–Crippen LogP) is 1.77. The Morgan fingerprint density at radius 1 is 1.15 bits per heavy atom. The highest BCUT2D eigenvalue weighted by molar-refractivity contribution is 4.76. The minimum absolute atomic E-state index is 0.0645. The van der Waals surface area contributed by atoms with E-state index in [1.54, 1.807) is 0 Å². The van der Waals surface area contributed by atoms with E-state index in [0.29, 0.717) is 13.2 Å². The van der Waals surface area contributed by atoms with Crippen molar-refractivity contribution < 1.29 is 9.47 Å². The maximum atomic E-state index is 5.46. The first-order valence-corrected chi connectivity index (χ1v) is 4.97. The molecule has 13 heavy (non-hydrogen) atoms. The van der Waals surface area contributed by atoms with Gasteiger partial charge in [0.2, 0.25) is 0 Å². The van der Waals surface area contributed by atoms with E-state index in [0.717, 1.165) is 6.42 Å². The number of hydrogen-bond donors (Lipinski definition) is 1. The smallest absolute Gasteiger partial charge is 0.159 e. The third kappa shape index (κ3) is 6.02. The van der Waals surface area contributed by atoms with Crippen molar-refractivity contribution in [3.63, 3.8) is 0 Å². The molecule has 80 valence electrons. The molecule has 0 unspecified atom stereocenters. The Bertz CT molecular complexity index is 120. The van der Waals surface area contributed by atoms with Gasteiger partial charge in [0, 0.05) is 25.2 Å². The van der Waals surface area contributed by atoms with Crippen LogP contribution in [0.4, 0.5) is 0 Å². The lowest BCUT2D eigenvalue weighted by atomic mass is 10.0. The van der Waals surface area contributed by atoms with Crippen LogP contribution in [0.5, 0.6) is 0 Å². The van der Waals surface area contributed by atoms with Gasteiger partial charge in [-0.15, -0.1) is 0 Å². The number of rotatable bonds is 7. The second-order valence-electron chi connectivity index (χ2n) is 3.68. The van der Waals surface area contributed by atoms with Gasteiger partial charge >= 0.3 is 0 Å². The van der Waals surface area contributed by atoms with Gasteiger partial charge in [-0.2, -0.15) is 0 Å². The summed E-state index contributed by atoms with van der Waals surface area (Å²) in [5, 5.41) is 3.23. The minimum Gasteiger partial charge on any atom is -0.353 e. The molecule has 0 saturated carbocycles. The molecule has 0 bridgehead atoms. The fourth-order valence-corrected chi connectivity index (χ4v) is 1.06. The summed E-state index contributed by atoms with van der Waals surface area (Å²) < 4.78 is 10.9. The largest absolute Gasteiger partial charge is 0.353 e. The van der Waals surface area contributed by atoms with Crippen LogP contribution in [0, 0.1) is 0 Å². The van der Waals surface area contributed by atoms with Crippen LogP contribution in [0.25, 0.3) is 0 Å². The van der Waals surface area contributed by atoms with Crippen molar-refractivity contribution in [3.8, 4) is 0 Å². The van der Waals surface area contributed by atoms with E-state index in [4.69, 9.17) is 9.47 Å². The third-order valence-corrected chi connectivity index (χ3v) is 2.06. The molecule has 0 aliphatic rings. The molecule has 0 aromatic carbocycles. The quantitative estimate of drug-likeness (QED) is 0.619. The molecule has 0 aliphatic carbocycles. The van der Waals surface area contributed by atoms with Gasteiger partial charge in [0.25, 0.3) is 0 Å². The Kier molecular flexibility index (Phi) is 6.29. The molecule has 0 atom stereocenters. The fraction of sp³-hybridized carbons (Fsp3) is 1.00. The summed E-state index contributed by atoms with van der Waals surface area (Å²) in [5.41, 5.74) is 0.0645. The highest BCUT2D eigenvalue weighted by atomic mass is 16.7. The zero-order valence-corrected chi connectivity index (χ0v) is 9.52. The first-order chi connectivity index (χ1) is 6.05. The van der Waals surface area contributed by atoms with E-state index < -0.39 is 0 Å². The van der Waals surface area contributed by atoms with Gasteiger partial charge in [-0.3, -0.25) is 0 Å². The van der Waals surface area contributed by atoms with E-state index in [1.807, 2.05) is 20.9 Å². The van der Waals surface area contributed by atoms with Gasteiger partial charge in [-0.05, 0) is 34.7 Å². The van der Waals surface area contributed by atoms with Gasteiger partial charge in [0.05, 0.1) is 0 Å². The monoisotopic (exact) mass is 189 g/mol. The Morgan fingerprint density at radius 3 is 1.92 bits per heavy atom. The summed E-state index contributed by atoms with van der Waals surface area (Å²) in [6.45, 7) is 9.64. The average Bonchev–Trinajstić information content (AvgIpc) is 2.05. The molecule has 0 spiro atoms. The molecule has 0 amide bonds. The second kappa shape index (κ2) is 6.35. The summed E-state index contributed by atoms with van der Waals surface area (Å²) in [4.78, 5) is 0. The average molecular weight is 189 g/mol. The Hall–Kier alpha value is -0.120. The Labute approximate surface area is 81.8 Å². The first-order valence-electron chi connectivity index (χ1n) is 4.97. The Balaban J connectivity index is 3.92. The molecular formula is C10H23NO2. The van der Waals surface area contributed by atoms with E-state index in [9.17, 15) is 0 Å². The molecule has 0 saturated heterocycles. The predicted molar refractivity (Wildman–Crippen MR) is 54.8 cm³/mol. The molecule has 0 fully saturated rings. The summed E-state index contributed by atoms with van der Waals surface area (Å²) in [6.07, 6.45) is 0.781. The third-order valence-electron chi connectivity index (χ3n) is 2.06. The number of ether oxygens (including phenoxy) is 2. The van der Waals surface area contributed by atoms with Crippen LogP contribution in [-0.2, 0) is 9.47 Å². The zero-order chi connectivity index (χ0) is 10.3. The second-order valence-corrected chi connectivity index (χ2v) is 3.68. The SMILES string of the molecule is CCOC(CC(C)(C)NC)OCC. The van der Waals surface area contributed by atoms with Crippen LogP contribution >= 0.6 is 0 Å². The lowest BCUT2D eigenvalue weighted by Gasteiger charge is -2.28. The lowest BCUT2D eigenvalue weighted by Crippen LogP contribution is -2.41. The molecule has 0 aliphatic heterocycles. The summed E-state index contributed by atoms with van der Waals surface area (Å²) >= 11 is 0. The molecule has 0 aromatic rings. The maximum absolute atomic E-state index is 5.46. The van der Waals surface area contributed by atoms with Crippen LogP contribution < -0.4 is 5.32 Å². The van der Waals surface area contributed by atoms with Crippen molar-refractivity contribution >= 4 is 0 Å². The standard InChI is InChI=1S/C10H23NO2/c1-6-12-9(13-7-2)8-10(3,4)11-5/h9,11H,6-8H2,1-5H3. The van der Waals surface area contributed by atoms with Crippen LogP contribution in [0.15, 0.2) is 0 Å². The van der Waals surface area contributed by atoms with Crippen LogP contribution in [-0.4, -0.2) is 32.1 Å². The molecular weight excluding hydrogens is 166 g/mol. The molecule has 0 radical (unpaired) electrons.